The van der Waals surface area contributed by atoms with Crippen molar-refractivity contribution in [2.24, 2.45) is 34.5 Å². The zero-order chi connectivity index (χ0) is 17.8. The van der Waals surface area contributed by atoms with Gasteiger partial charge in [-0.2, -0.15) is 0 Å². The molecule has 0 heterocycles. The van der Waals surface area contributed by atoms with Gasteiger partial charge in [0.15, 0.2) is 5.78 Å². The van der Waals surface area contributed by atoms with Crippen LogP contribution in [0.1, 0.15) is 72.1 Å². The molecule has 134 valence electrons. The molecule has 4 aliphatic carbocycles. The Labute approximate surface area is 151 Å². The van der Waals surface area contributed by atoms with Crippen LogP contribution in [0.4, 0.5) is 0 Å². The molecular weight excluding hydrogens is 308 g/mol. The minimum atomic E-state index is -0.0792. The Bertz CT molecular complexity index is 705. The van der Waals surface area contributed by atoms with Gasteiger partial charge >= 0.3 is 0 Å². The molecule has 4 rings (SSSR count). The number of carbonyl (C=O) groups is 2. The van der Waals surface area contributed by atoms with E-state index in [1.165, 1.54) is 5.57 Å². The first-order valence-corrected chi connectivity index (χ1v) is 10.1. The maximum Gasteiger partial charge on any atom is 0.155 e. The van der Waals surface area contributed by atoms with Gasteiger partial charge in [-0.25, -0.2) is 0 Å². The molecule has 0 amide bonds. The van der Waals surface area contributed by atoms with Crippen LogP contribution in [0.3, 0.4) is 0 Å². The Morgan fingerprint density at radius 2 is 1.84 bits per heavy atom. The first kappa shape index (κ1) is 17.1. The van der Waals surface area contributed by atoms with Crippen LogP contribution in [-0.2, 0) is 9.59 Å². The van der Waals surface area contributed by atoms with Crippen LogP contribution < -0.4 is 0 Å². The van der Waals surface area contributed by atoms with Crippen LogP contribution in [0.15, 0.2) is 11.6 Å². The highest BCUT2D eigenvalue weighted by Crippen LogP contribution is 2.65. The summed E-state index contributed by atoms with van der Waals surface area (Å²) < 4.78 is 0. The lowest BCUT2D eigenvalue weighted by atomic mass is 9.45. The molecule has 2 heteroatoms. The third kappa shape index (κ3) is 2.38. The molecule has 3 saturated carbocycles. The van der Waals surface area contributed by atoms with Crippen LogP contribution in [0, 0.1) is 46.3 Å². The Hall–Kier alpha value is -1.36. The molecule has 0 spiro atoms. The molecule has 0 aliphatic heterocycles. The SMILES string of the molecule is CC#CC[C@@H]1C[C@@H]2[C@H](CC[C@]3(C)C(=O)CC[C@@H]23)[C@@]2(C)CCC(=O)C=C12. The molecular formula is C23H30O2. The van der Waals surface area contributed by atoms with Gasteiger partial charge in [0.1, 0.15) is 5.78 Å². The van der Waals surface area contributed by atoms with Crippen molar-refractivity contribution in [3.8, 4) is 11.8 Å². The van der Waals surface area contributed by atoms with Crippen LogP contribution in [0.25, 0.3) is 0 Å². The molecule has 0 saturated heterocycles. The normalized spacial score (nSPS) is 45.6. The number of hydrogen-bond acceptors (Lipinski definition) is 2. The second-order valence-electron chi connectivity index (χ2n) is 9.34. The van der Waals surface area contributed by atoms with E-state index in [4.69, 9.17) is 0 Å². The summed E-state index contributed by atoms with van der Waals surface area (Å²) in [6, 6.07) is 0. The van der Waals surface area contributed by atoms with Crippen molar-refractivity contribution in [1.29, 1.82) is 0 Å². The Morgan fingerprint density at radius 3 is 2.60 bits per heavy atom. The van der Waals surface area contributed by atoms with E-state index in [9.17, 15) is 9.59 Å². The number of ketones is 2. The van der Waals surface area contributed by atoms with E-state index in [0.29, 0.717) is 41.7 Å². The van der Waals surface area contributed by atoms with Gasteiger partial charge in [-0.05, 0) is 74.2 Å². The van der Waals surface area contributed by atoms with E-state index >= 15 is 0 Å². The zero-order valence-corrected chi connectivity index (χ0v) is 15.9. The van der Waals surface area contributed by atoms with Crippen molar-refractivity contribution in [3.63, 3.8) is 0 Å². The number of fused-ring (bicyclic) bond motifs is 5. The van der Waals surface area contributed by atoms with Gasteiger partial charge in [-0.15, -0.1) is 11.8 Å². The number of hydrogen-bond donors (Lipinski definition) is 0. The minimum Gasteiger partial charge on any atom is -0.299 e. The molecule has 25 heavy (non-hydrogen) atoms. The van der Waals surface area contributed by atoms with Crippen molar-refractivity contribution in [3.05, 3.63) is 11.6 Å². The molecule has 0 unspecified atom stereocenters. The van der Waals surface area contributed by atoms with Gasteiger partial charge in [0, 0.05) is 24.7 Å². The van der Waals surface area contributed by atoms with E-state index in [1.54, 1.807) is 0 Å². The summed E-state index contributed by atoms with van der Waals surface area (Å²) in [5, 5.41) is 0. The second-order valence-corrected chi connectivity index (χ2v) is 9.34. The lowest BCUT2D eigenvalue weighted by molar-refractivity contribution is -0.133. The highest BCUT2D eigenvalue weighted by Gasteiger charge is 2.60. The predicted molar refractivity (Wildman–Crippen MR) is 98.7 cm³/mol. The molecule has 0 radical (unpaired) electrons. The van der Waals surface area contributed by atoms with Crippen LogP contribution in [0.5, 0.6) is 0 Å². The summed E-state index contributed by atoms with van der Waals surface area (Å²) in [5.74, 6) is 9.37. The number of rotatable bonds is 1. The average molecular weight is 338 g/mol. The molecule has 6 atom stereocenters. The fourth-order valence-corrected chi connectivity index (χ4v) is 6.97. The summed E-state index contributed by atoms with van der Waals surface area (Å²) >= 11 is 0. The fourth-order valence-electron chi connectivity index (χ4n) is 6.97. The van der Waals surface area contributed by atoms with Crippen LogP contribution in [0.2, 0.25) is 0 Å². The smallest absolute Gasteiger partial charge is 0.155 e. The van der Waals surface area contributed by atoms with E-state index in [-0.39, 0.29) is 10.8 Å². The standard InChI is InChI=1S/C23H30O2/c1-4-5-6-15-13-17-18-7-8-21(25)23(18,3)12-10-19(17)22(2)11-9-16(24)14-20(15)22/h14-15,17-19H,6-13H2,1-3H3/t15-,17+,18+,19+,22-,23+/m1/s1. The third-order valence-electron chi connectivity index (χ3n) is 8.35. The summed E-state index contributed by atoms with van der Waals surface area (Å²) in [4.78, 5) is 24.7. The first-order valence-electron chi connectivity index (χ1n) is 10.1. The number of allylic oxidation sites excluding steroid dienone is 1. The van der Waals surface area contributed by atoms with Crippen molar-refractivity contribution in [1.82, 2.24) is 0 Å². The maximum atomic E-state index is 12.6. The van der Waals surface area contributed by atoms with E-state index in [2.05, 4.69) is 25.7 Å². The molecule has 4 aliphatic rings. The topological polar surface area (TPSA) is 34.1 Å². The monoisotopic (exact) mass is 338 g/mol. The summed E-state index contributed by atoms with van der Waals surface area (Å²) in [5.41, 5.74) is 1.45. The Kier molecular flexibility index (Phi) is 3.98. The van der Waals surface area contributed by atoms with Crippen molar-refractivity contribution >= 4 is 11.6 Å². The molecule has 0 bridgehead atoms. The second kappa shape index (κ2) is 5.83. The summed E-state index contributed by atoms with van der Waals surface area (Å²) in [6.07, 6.45) is 9.72. The molecule has 0 aromatic heterocycles. The summed E-state index contributed by atoms with van der Waals surface area (Å²) in [7, 11) is 0. The van der Waals surface area contributed by atoms with Gasteiger partial charge in [0.2, 0.25) is 0 Å². The molecule has 3 fully saturated rings. The van der Waals surface area contributed by atoms with Crippen molar-refractivity contribution in [2.75, 3.05) is 0 Å². The summed E-state index contributed by atoms with van der Waals surface area (Å²) in [6.45, 7) is 6.55. The van der Waals surface area contributed by atoms with Crippen molar-refractivity contribution < 1.29 is 9.59 Å². The number of Topliss-reactive ketones (excluding diaryl/α,β-unsaturated/α-hetero) is 1. The highest BCUT2D eigenvalue weighted by molar-refractivity contribution is 5.92. The van der Waals surface area contributed by atoms with Gasteiger partial charge in [-0.1, -0.05) is 19.4 Å². The molecule has 0 N–H and O–H groups in total. The minimum absolute atomic E-state index is 0.0792. The van der Waals surface area contributed by atoms with Gasteiger partial charge in [-0.3, -0.25) is 9.59 Å². The maximum absolute atomic E-state index is 12.6. The lowest BCUT2D eigenvalue weighted by Crippen LogP contribution is -2.52. The third-order valence-corrected chi connectivity index (χ3v) is 8.35. The lowest BCUT2D eigenvalue weighted by Gasteiger charge is -2.58. The largest absolute Gasteiger partial charge is 0.299 e. The Morgan fingerprint density at radius 1 is 1.08 bits per heavy atom. The van der Waals surface area contributed by atoms with E-state index in [0.717, 1.165) is 44.9 Å². The van der Waals surface area contributed by atoms with Crippen LogP contribution >= 0.6 is 0 Å². The fraction of sp³-hybridized carbons (Fsp3) is 0.739. The molecule has 0 aromatic rings. The molecule has 0 aromatic carbocycles. The predicted octanol–water partition coefficient (Wildman–Crippen LogP) is 4.73. The highest BCUT2D eigenvalue weighted by atomic mass is 16.1. The quantitative estimate of drug-likeness (QED) is 0.648. The number of carbonyl (C=O) groups excluding carboxylic acids is 2. The van der Waals surface area contributed by atoms with Crippen molar-refractivity contribution in [2.45, 2.75) is 72.1 Å². The van der Waals surface area contributed by atoms with Crippen LogP contribution in [-0.4, -0.2) is 11.6 Å². The Balaban J connectivity index is 1.75. The van der Waals surface area contributed by atoms with E-state index in [1.807, 2.05) is 13.0 Å². The van der Waals surface area contributed by atoms with E-state index < -0.39 is 0 Å². The molecule has 2 nitrogen and oxygen atoms in total. The van der Waals surface area contributed by atoms with Gasteiger partial charge < -0.3 is 0 Å². The zero-order valence-electron chi connectivity index (χ0n) is 15.9. The van der Waals surface area contributed by atoms with Gasteiger partial charge in [0.05, 0.1) is 0 Å². The van der Waals surface area contributed by atoms with Gasteiger partial charge in [0.25, 0.3) is 0 Å². The first-order chi connectivity index (χ1) is 11.9. The average Bonchev–Trinajstić information content (AvgIpc) is 2.89.